The molecule has 0 fully saturated rings. The maximum Gasteiger partial charge on any atom is 0.407 e. The average molecular weight is 628 g/mol. The lowest BCUT2D eigenvalue weighted by Gasteiger charge is -2.22. The number of nitrogens with two attached hydrogens (primary N) is 2. The molecule has 0 spiro atoms. The van der Waals surface area contributed by atoms with Gasteiger partial charge in [-0.15, -0.1) is 0 Å². The van der Waals surface area contributed by atoms with Gasteiger partial charge >= 0.3 is 12.2 Å². The van der Waals surface area contributed by atoms with Crippen LogP contribution in [0.4, 0.5) is 9.59 Å². The first-order valence-electron chi connectivity index (χ1n) is 12.7. The number of rotatable bonds is 22. The van der Waals surface area contributed by atoms with Crippen molar-refractivity contribution in [2.24, 2.45) is 11.5 Å². The fraction of sp³-hybridized carbons (Fsp3) is 0.727. The summed E-state index contributed by atoms with van der Waals surface area (Å²) in [5.41, 5.74) is 10.7. The Kier molecular flexibility index (Phi) is 21.3. The zero-order chi connectivity index (χ0) is 31.9. The number of primary amides is 1. The lowest BCUT2D eigenvalue weighted by atomic mass is 10.2. The Hall–Kier alpha value is -3.43. The van der Waals surface area contributed by atoms with Crippen molar-refractivity contribution in [1.29, 1.82) is 0 Å². The molecule has 0 radical (unpaired) electrons. The molecule has 10 N–H and O–H groups in total. The van der Waals surface area contributed by atoms with Crippen molar-refractivity contribution in [3.63, 3.8) is 0 Å². The van der Waals surface area contributed by atoms with Crippen LogP contribution in [-0.2, 0) is 49.3 Å². The van der Waals surface area contributed by atoms with E-state index in [1.165, 1.54) is 14.1 Å². The van der Waals surface area contributed by atoms with E-state index in [2.05, 4.69) is 26.6 Å². The highest BCUT2D eigenvalue weighted by molar-refractivity contribution is 7.91. The lowest BCUT2D eigenvalue weighted by molar-refractivity contribution is -0.130. The van der Waals surface area contributed by atoms with Crippen molar-refractivity contribution in [1.82, 2.24) is 26.6 Å². The zero-order valence-corrected chi connectivity index (χ0v) is 24.3. The lowest BCUT2D eigenvalue weighted by Crippen LogP contribution is -2.55. The fourth-order valence-electron chi connectivity index (χ4n) is 2.72. The second-order valence-electron chi connectivity index (χ2n) is 8.26. The largest absolute Gasteiger partial charge is 0.616 e. The predicted octanol–water partition coefficient (Wildman–Crippen LogP) is -5.24. The molecule has 6 amide bonds. The summed E-state index contributed by atoms with van der Waals surface area (Å²) < 4.78 is 32.8. The first-order chi connectivity index (χ1) is 19.9. The Morgan fingerprint density at radius 2 is 1.55 bits per heavy atom. The Balaban J connectivity index is 4.35. The molecule has 0 saturated heterocycles. The minimum Gasteiger partial charge on any atom is -0.616 e. The van der Waals surface area contributed by atoms with E-state index in [4.69, 9.17) is 30.4 Å². The standard InChI is InChI=1S/C22H41N7O12S/c1-25-21(35)40-11-14(41-22(36)26-2)12-42(37)13-15(23)19(33)29-16(10-30)20(34)27-4-6-39-8-7-38-5-3-18(32)28-9-17(24)31/h14-16,30H,3-13,23H2,1-2H3,(H2,24,31)(H,25,35)(H,26,36)(H,27,34)(H,28,32)(H,29,33)/t14-,15+,16+,42?/m1/s1. The highest BCUT2D eigenvalue weighted by Gasteiger charge is 2.29. The molecule has 0 aromatic heterocycles. The number of carbonyl (C=O) groups excluding carboxylic acids is 6. The van der Waals surface area contributed by atoms with Crippen molar-refractivity contribution in [3.05, 3.63) is 0 Å². The van der Waals surface area contributed by atoms with Crippen LogP contribution in [0.1, 0.15) is 6.42 Å². The summed E-state index contributed by atoms with van der Waals surface area (Å²) in [5.74, 6) is -3.30. The van der Waals surface area contributed by atoms with Gasteiger partial charge in [-0.2, -0.15) is 0 Å². The Bertz CT molecular complexity index is 870. The van der Waals surface area contributed by atoms with E-state index in [-0.39, 0.29) is 63.4 Å². The first-order valence-corrected chi connectivity index (χ1v) is 14.1. The minimum absolute atomic E-state index is 0.0396. The number of alkyl carbamates (subject to hydrolysis) is 2. The van der Waals surface area contributed by atoms with Crippen molar-refractivity contribution in [3.8, 4) is 0 Å². The second kappa shape index (κ2) is 23.2. The van der Waals surface area contributed by atoms with Gasteiger partial charge in [-0.1, -0.05) is 0 Å². The summed E-state index contributed by atoms with van der Waals surface area (Å²) in [6, 6.07) is -2.68. The van der Waals surface area contributed by atoms with Gasteiger partial charge < -0.3 is 66.7 Å². The van der Waals surface area contributed by atoms with E-state index in [1.807, 2.05) is 0 Å². The van der Waals surface area contributed by atoms with Crippen LogP contribution in [0.2, 0.25) is 0 Å². The van der Waals surface area contributed by atoms with Crippen molar-refractivity contribution in [2.45, 2.75) is 24.6 Å². The highest BCUT2D eigenvalue weighted by atomic mass is 32.2. The van der Waals surface area contributed by atoms with Gasteiger partial charge in [-0.25, -0.2) is 9.59 Å². The molecule has 0 heterocycles. The van der Waals surface area contributed by atoms with Crippen LogP contribution in [0.15, 0.2) is 0 Å². The quantitative estimate of drug-likeness (QED) is 0.0412. The smallest absolute Gasteiger partial charge is 0.407 e. The first kappa shape index (κ1) is 38.6. The van der Waals surface area contributed by atoms with Gasteiger partial charge in [0.2, 0.25) is 23.6 Å². The molecule has 0 saturated carbocycles. The van der Waals surface area contributed by atoms with Gasteiger partial charge in [0.05, 0.1) is 39.6 Å². The van der Waals surface area contributed by atoms with Crippen LogP contribution >= 0.6 is 0 Å². The summed E-state index contributed by atoms with van der Waals surface area (Å²) in [4.78, 5) is 69.4. The molecule has 0 aliphatic heterocycles. The Labute approximate surface area is 245 Å². The molecular weight excluding hydrogens is 586 g/mol. The van der Waals surface area contributed by atoms with E-state index in [0.717, 1.165) is 0 Å². The molecule has 19 nitrogen and oxygen atoms in total. The summed E-state index contributed by atoms with van der Waals surface area (Å²) in [5, 5.41) is 21.0. The number of aliphatic hydroxyl groups excluding tert-OH is 1. The van der Waals surface area contributed by atoms with Crippen LogP contribution in [0.25, 0.3) is 0 Å². The number of aliphatic hydroxyl groups is 1. The molecule has 1 unspecified atom stereocenters. The SMILES string of the molecule is CNC(=O)OC[C@H](C[S+]([O-])C[C@H](N)C(=O)N[C@@H](CO)C(=O)NCCOCCOCCC(=O)NCC(N)=O)OC(=O)NC. The second-order valence-corrected chi connectivity index (χ2v) is 9.80. The van der Waals surface area contributed by atoms with Crippen molar-refractivity contribution >= 4 is 47.0 Å². The van der Waals surface area contributed by atoms with Gasteiger partial charge in [0.25, 0.3) is 0 Å². The van der Waals surface area contributed by atoms with Crippen LogP contribution in [-0.4, -0.2) is 142 Å². The number of hydrogen-bond donors (Lipinski definition) is 8. The molecule has 0 bridgehead atoms. The van der Waals surface area contributed by atoms with Gasteiger partial charge in [0.15, 0.2) is 6.10 Å². The number of carbonyl (C=O) groups is 6. The predicted molar refractivity (Wildman–Crippen MR) is 146 cm³/mol. The molecule has 20 heteroatoms. The van der Waals surface area contributed by atoms with Crippen LogP contribution in [0.3, 0.4) is 0 Å². The molecule has 0 aromatic carbocycles. The molecule has 0 aliphatic carbocycles. The number of amides is 6. The van der Waals surface area contributed by atoms with Crippen LogP contribution in [0, 0.1) is 0 Å². The summed E-state index contributed by atoms with van der Waals surface area (Å²) in [6.07, 6.45) is -2.70. The Morgan fingerprint density at radius 3 is 2.14 bits per heavy atom. The van der Waals surface area contributed by atoms with Gasteiger partial charge in [0.1, 0.15) is 30.2 Å². The minimum atomic E-state index is -1.81. The van der Waals surface area contributed by atoms with Gasteiger partial charge in [0, 0.05) is 27.1 Å². The third kappa shape index (κ3) is 19.6. The average Bonchev–Trinajstić information content (AvgIpc) is 2.95. The van der Waals surface area contributed by atoms with E-state index in [0.29, 0.717) is 0 Å². The highest BCUT2D eigenvalue weighted by Crippen LogP contribution is 2.04. The van der Waals surface area contributed by atoms with E-state index >= 15 is 0 Å². The molecule has 42 heavy (non-hydrogen) atoms. The Morgan fingerprint density at radius 1 is 0.905 bits per heavy atom. The number of hydrogen-bond acceptors (Lipinski definition) is 13. The summed E-state index contributed by atoms with van der Waals surface area (Å²) in [7, 11) is 2.63. The van der Waals surface area contributed by atoms with Gasteiger partial charge in [-0.3, -0.25) is 19.2 Å². The normalized spacial score (nSPS) is 13.5. The van der Waals surface area contributed by atoms with Gasteiger partial charge in [-0.05, 0) is 11.2 Å². The van der Waals surface area contributed by atoms with E-state index in [1.54, 1.807) is 0 Å². The molecule has 4 atom stereocenters. The topological polar surface area (TPSA) is 295 Å². The van der Waals surface area contributed by atoms with Crippen LogP contribution in [0.5, 0.6) is 0 Å². The maximum absolute atomic E-state index is 12.5. The zero-order valence-electron chi connectivity index (χ0n) is 23.5. The molecule has 242 valence electrons. The number of nitrogens with one attached hydrogen (secondary N) is 5. The molecular formula is C22H41N7O12S. The van der Waals surface area contributed by atoms with E-state index in [9.17, 15) is 38.4 Å². The van der Waals surface area contributed by atoms with Crippen molar-refractivity contribution in [2.75, 3.05) is 78.3 Å². The molecule has 0 rings (SSSR count). The summed E-state index contributed by atoms with van der Waals surface area (Å²) >= 11 is -1.81. The maximum atomic E-state index is 12.5. The molecule has 0 aromatic rings. The fourth-order valence-corrected chi connectivity index (χ4v) is 3.99. The monoisotopic (exact) mass is 627 g/mol. The van der Waals surface area contributed by atoms with Crippen molar-refractivity contribution < 1.29 is 57.4 Å². The van der Waals surface area contributed by atoms with Crippen LogP contribution < -0.4 is 38.1 Å². The van der Waals surface area contributed by atoms with E-state index < -0.39 is 72.5 Å². The summed E-state index contributed by atoms with van der Waals surface area (Å²) in [6.45, 7) is -0.823. The number of ether oxygens (including phenoxy) is 4. The molecule has 0 aliphatic rings. The third-order valence-corrected chi connectivity index (χ3v) is 6.30. The third-order valence-electron chi connectivity index (χ3n) is 4.82.